The summed E-state index contributed by atoms with van der Waals surface area (Å²) in [6, 6.07) is 13.9. The number of nitrogens with zero attached hydrogens (tertiary/aromatic N) is 4. The summed E-state index contributed by atoms with van der Waals surface area (Å²) in [5, 5.41) is 9.99. The number of ether oxygens (including phenoxy) is 1. The molecule has 2 aromatic carbocycles. The van der Waals surface area contributed by atoms with Gasteiger partial charge in [0.1, 0.15) is 5.75 Å². The molecule has 4 rings (SSSR count). The molecular formula is C25H29Cl2N5OS. The maximum atomic E-state index is 6.17. The minimum atomic E-state index is 0.547. The molecule has 34 heavy (non-hydrogen) atoms. The minimum Gasteiger partial charge on any atom is -0.497 e. The fourth-order valence-corrected chi connectivity index (χ4v) is 4.77. The van der Waals surface area contributed by atoms with E-state index in [0.29, 0.717) is 16.6 Å². The van der Waals surface area contributed by atoms with Crippen molar-refractivity contribution < 1.29 is 4.74 Å². The highest BCUT2D eigenvalue weighted by Crippen LogP contribution is 2.25. The van der Waals surface area contributed by atoms with Crippen molar-refractivity contribution in [3.05, 3.63) is 75.0 Å². The second-order valence-corrected chi connectivity index (χ2v) is 9.70. The van der Waals surface area contributed by atoms with Gasteiger partial charge in [-0.05, 0) is 61.5 Å². The Morgan fingerprint density at radius 1 is 1.00 bits per heavy atom. The Labute approximate surface area is 216 Å². The maximum absolute atomic E-state index is 6.17. The van der Waals surface area contributed by atoms with E-state index >= 15 is 0 Å². The highest BCUT2D eigenvalue weighted by Gasteiger charge is 2.21. The standard InChI is InChI=1S/C25H29Cl2N5OS/c1-17-24(18(2)32(29-17)16-20-7-8-22(26)23(27)14-20)28-25(34)31-11-9-30(10-12-31)15-19-5-4-6-21(13-19)33-3/h4-8,13-14H,9-12,15-16H2,1-3H3,(H,28,34). The van der Waals surface area contributed by atoms with Crippen LogP contribution in [-0.2, 0) is 13.1 Å². The first-order valence-electron chi connectivity index (χ1n) is 11.2. The van der Waals surface area contributed by atoms with Crippen molar-refractivity contribution in [3.8, 4) is 5.75 Å². The van der Waals surface area contributed by atoms with E-state index in [1.807, 2.05) is 41.9 Å². The summed E-state index contributed by atoms with van der Waals surface area (Å²) in [5.41, 5.74) is 5.21. The monoisotopic (exact) mass is 517 g/mol. The van der Waals surface area contributed by atoms with E-state index in [0.717, 1.165) is 66.2 Å². The van der Waals surface area contributed by atoms with Gasteiger partial charge in [-0.1, -0.05) is 41.4 Å². The summed E-state index contributed by atoms with van der Waals surface area (Å²) in [4.78, 5) is 4.67. The summed E-state index contributed by atoms with van der Waals surface area (Å²) in [6.45, 7) is 9.23. The van der Waals surface area contributed by atoms with E-state index in [9.17, 15) is 0 Å². The zero-order valence-electron chi connectivity index (χ0n) is 19.6. The van der Waals surface area contributed by atoms with Gasteiger partial charge in [0.05, 0.1) is 40.8 Å². The molecule has 1 saturated heterocycles. The lowest BCUT2D eigenvalue weighted by molar-refractivity contribution is 0.177. The zero-order valence-corrected chi connectivity index (χ0v) is 22.0. The van der Waals surface area contributed by atoms with E-state index in [1.165, 1.54) is 5.56 Å². The van der Waals surface area contributed by atoms with E-state index in [4.69, 9.17) is 45.3 Å². The van der Waals surface area contributed by atoms with Crippen LogP contribution in [0.15, 0.2) is 42.5 Å². The molecule has 0 spiro atoms. The number of rotatable bonds is 6. The third kappa shape index (κ3) is 5.84. The van der Waals surface area contributed by atoms with Crippen molar-refractivity contribution in [2.45, 2.75) is 26.9 Å². The number of methoxy groups -OCH3 is 1. The molecule has 0 radical (unpaired) electrons. The smallest absolute Gasteiger partial charge is 0.173 e. The molecule has 1 fully saturated rings. The Morgan fingerprint density at radius 2 is 1.74 bits per heavy atom. The number of nitrogens with one attached hydrogen (secondary N) is 1. The molecule has 0 aliphatic carbocycles. The van der Waals surface area contributed by atoms with Crippen LogP contribution in [0.4, 0.5) is 5.69 Å². The van der Waals surface area contributed by atoms with Gasteiger partial charge < -0.3 is 15.0 Å². The molecule has 180 valence electrons. The van der Waals surface area contributed by atoms with Gasteiger partial charge in [0.25, 0.3) is 0 Å². The first-order chi connectivity index (χ1) is 16.3. The Kier molecular flexibility index (Phi) is 7.99. The third-order valence-corrected chi connectivity index (χ3v) is 7.23. The third-order valence-electron chi connectivity index (χ3n) is 6.13. The molecule has 6 nitrogen and oxygen atoms in total. The molecule has 0 saturated carbocycles. The van der Waals surface area contributed by atoms with Crippen molar-refractivity contribution in [2.24, 2.45) is 0 Å². The maximum Gasteiger partial charge on any atom is 0.173 e. The number of hydrogen-bond acceptors (Lipinski definition) is 4. The molecule has 0 bridgehead atoms. The zero-order chi connectivity index (χ0) is 24.2. The Bertz CT molecular complexity index is 1170. The van der Waals surface area contributed by atoms with E-state index in [1.54, 1.807) is 7.11 Å². The number of aromatic nitrogens is 2. The van der Waals surface area contributed by atoms with Gasteiger partial charge in [-0.2, -0.15) is 5.10 Å². The van der Waals surface area contributed by atoms with Gasteiger partial charge in [0.15, 0.2) is 5.11 Å². The van der Waals surface area contributed by atoms with Crippen LogP contribution in [-0.4, -0.2) is 58.0 Å². The molecule has 0 atom stereocenters. The van der Waals surface area contributed by atoms with Gasteiger partial charge >= 0.3 is 0 Å². The topological polar surface area (TPSA) is 45.6 Å². The number of thiocarbonyl (C=S) groups is 1. The molecule has 1 N–H and O–H groups in total. The van der Waals surface area contributed by atoms with E-state index in [-0.39, 0.29) is 0 Å². The molecular weight excluding hydrogens is 489 g/mol. The Balaban J connectivity index is 1.34. The Morgan fingerprint density at radius 3 is 2.44 bits per heavy atom. The fourth-order valence-electron chi connectivity index (χ4n) is 4.17. The lowest BCUT2D eigenvalue weighted by Gasteiger charge is -2.36. The number of anilines is 1. The number of benzene rings is 2. The summed E-state index contributed by atoms with van der Waals surface area (Å²) in [7, 11) is 1.70. The summed E-state index contributed by atoms with van der Waals surface area (Å²) in [6.07, 6.45) is 0. The SMILES string of the molecule is COc1cccc(CN2CCN(C(=S)Nc3c(C)nn(Cc4ccc(Cl)c(Cl)c4)c3C)CC2)c1. The molecule has 1 aliphatic rings. The lowest BCUT2D eigenvalue weighted by Crippen LogP contribution is -2.49. The van der Waals surface area contributed by atoms with Crippen molar-refractivity contribution >= 4 is 46.2 Å². The second kappa shape index (κ2) is 11.0. The number of aryl methyl sites for hydroxylation is 1. The van der Waals surface area contributed by atoms with Crippen molar-refractivity contribution in [3.63, 3.8) is 0 Å². The number of piperazine rings is 1. The van der Waals surface area contributed by atoms with E-state index < -0.39 is 0 Å². The van der Waals surface area contributed by atoms with Gasteiger partial charge in [0, 0.05) is 32.7 Å². The molecule has 0 amide bonds. The molecule has 3 aromatic rings. The van der Waals surface area contributed by atoms with Crippen molar-refractivity contribution in [2.75, 3.05) is 38.6 Å². The Hall–Kier alpha value is -2.32. The molecule has 1 aromatic heterocycles. The van der Waals surface area contributed by atoms with Crippen molar-refractivity contribution in [1.82, 2.24) is 19.6 Å². The second-order valence-electron chi connectivity index (χ2n) is 8.50. The van der Waals surface area contributed by atoms with Gasteiger partial charge in [-0.15, -0.1) is 0 Å². The normalized spacial score (nSPS) is 14.3. The lowest BCUT2D eigenvalue weighted by atomic mass is 10.2. The van der Waals surface area contributed by atoms with Crippen LogP contribution in [0.2, 0.25) is 10.0 Å². The minimum absolute atomic E-state index is 0.547. The van der Waals surface area contributed by atoms with Crippen LogP contribution < -0.4 is 10.1 Å². The number of hydrogen-bond donors (Lipinski definition) is 1. The average Bonchev–Trinajstić information content (AvgIpc) is 3.09. The average molecular weight is 519 g/mol. The highest BCUT2D eigenvalue weighted by molar-refractivity contribution is 7.80. The fraction of sp³-hybridized carbons (Fsp3) is 0.360. The van der Waals surface area contributed by atoms with Crippen LogP contribution in [0.25, 0.3) is 0 Å². The number of halogens is 2. The van der Waals surface area contributed by atoms with Crippen LogP contribution >= 0.6 is 35.4 Å². The molecule has 0 unspecified atom stereocenters. The first-order valence-corrected chi connectivity index (χ1v) is 12.4. The van der Waals surface area contributed by atoms with Crippen LogP contribution in [0.1, 0.15) is 22.5 Å². The van der Waals surface area contributed by atoms with Crippen molar-refractivity contribution in [1.29, 1.82) is 0 Å². The quantitative estimate of drug-likeness (QED) is 0.443. The van der Waals surface area contributed by atoms with Gasteiger partial charge in [-0.25, -0.2) is 0 Å². The van der Waals surface area contributed by atoms with Crippen LogP contribution in [0.5, 0.6) is 5.75 Å². The van der Waals surface area contributed by atoms with Gasteiger partial charge in [0.2, 0.25) is 0 Å². The summed E-state index contributed by atoms with van der Waals surface area (Å²) in [5.74, 6) is 0.895. The van der Waals surface area contributed by atoms with Gasteiger partial charge in [-0.3, -0.25) is 9.58 Å². The van der Waals surface area contributed by atoms with Crippen LogP contribution in [0.3, 0.4) is 0 Å². The largest absolute Gasteiger partial charge is 0.497 e. The van der Waals surface area contributed by atoms with E-state index in [2.05, 4.69) is 34.2 Å². The molecule has 2 heterocycles. The van der Waals surface area contributed by atoms with Crippen LogP contribution in [0, 0.1) is 13.8 Å². The summed E-state index contributed by atoms with van der Waals surface area (Å²) >= 11 is 18.0. The predicted octanol–water partition coefficient (Wildman–Crippen LogP) is 5.38. The molecule has 1 aliphatic heterocycles. The first kappa shape index (κ1) is 24.8. The highest BCUT2D eigenvalue weighted by atomic mass is 35.5. The summed E-state index contributed by atoms with van der Waals surface area (Å²) < 4.78 is 7.31. The predicted molar refractivity (Wildman–Crippen MR) is 143 cm³/mol. The molecule has 9 heteroatoms.